The summed E-state index contributed by atoms with van der Waals surface area (Å²) in [6.07, 6.45) is 5.57. The van der Waals surface area contributed by atoms with Gasteiger partial charge in [-0.15, -0.1) is 11.3 Å². The summed E-state index contributed by atoms with van der Waals surface area (Å²) in [6, 6.07) is 2.90. The van der Waals surface area contributed by atoms with Crippen LogP contribution >= 0.6 is 11.3 Å². The van der Waals surface area contributed by atoms with Gasteiger partial charge in [0.25, 0.3) is 0 Å². The van der Waals surface area contributed by atoms with Crippen molar-refractivity contribution in [1.82, 2.24) is 15.3 Å². The predicted octanol–water partition coefficient (Wildman–Crippen LogP) is 2.51. The third-order valence-corrected chi connectivity index (χ3v) is 4.22. The van der Waals surface area contributed by atoms with E-state index in [9.17, 15) is 9.59 Å². The molecule has 0 aromatic carbocycles. The molecule has 0 aliphatic heterocycles. The number of carbonyl (C=O) groups excluding carboxylic acids is 1. The van der Waals surface area contributed by atoms with Crippen molar-refractivity contribution in [3.63, 3.8) is 0 Å². The molecule has 0 aliphatic carbocycles. The molecule has 23 heavy (non-hydrogen) atoms. The smallest absolute Gasteiger partial charge is 0.326 e. The quantitative estimate of drug-likeness (QED) is 0.774. The topological polar surface area (TPSA) is 92.2 Å². The van der Waals surface area contributed by atoms with Crippen molar-refractivity contribution in [1.29, 1.82) is 0 Å². The van der Waals surface area contributed by atoms with Gasteiger partial charge in [0.2, 0.25) is 5.91 Å². The largest absolute Gasteiger partial charge is 0.480 e. The van der Waals surface area contributed by atoms with E-state index in [0.717, 1.165) is 23.4 Å². The van der Waals surface area contributed by atoms with Crippen LogP contribution in [0.4, 0.5) is 0 Å². The van der Waals surface area contributed by atoms with E-state index in [4.69, 9.17) is 5.11 Å². The predicted molar refractivity (Wildman–Crippen MR) is 88.1 cm³/mol. The molecule has 0 fully saturated rings. The molecule has 2 N–H and O–H groups in total. The van der Waals surface area contributed by atoms with E-state index >= 15 is 0 Å². The Morgan fingerprint density at radius 3 is 2.91 bits per heavy atom. The first-order chi connectivity index (χ1) is 11.1. The Hall–Kier alpha value is -2.28. The Balaban J connectivity index is 1.95. The second-order valence-electron chi connectivity index (χ2n) is 5.16. The molecular weight excluding hydrogens is 314 g/mol. The lowest BCUT2D eigenvalue weighted by molar-refractivity contribution is -0.142. The van der Waals surface area contributed by atoms with E-state index in [1.165, 1.54) is 11.3 Å². The first-order valence-electron chi connectivity index (χ1n) is 7.47. The maximum atomic E-state index is 12.0. The summed E-state index contributed by atoms with van der Waals surface area (Å²) in [5, 5.41) is 14.3. The Bertz CT molecular complexity index is 658. The van der Waals surface area contributed by atoms with Crippen LogP contribution < -0.4 is 5.32 Å². The molecule has 0 saturated carbocycles. The number of carboxylic acid groups (broad SMARTS) is 1. The lowest BCUT2D eigenvalue weighted by Gasteiger charge is -2.13. The summed E-state index contributed by atoms with van der Waals surface area (Å²) in [4.78, 5) is 31.6. The molecule has 0 spiro atoms. The number of unbranched alkanes of at least 4 members (excludes halogenated alkanes) is 1. The van der Waals surface area contributed by atoms with E-state index < -0.39 is 12.0 Å². The second-order valence-corrected chi connectivity index (χ2v) is 6.02. The Morgan fingerprint density at radius 2 is 2.26 bits per heavy atom. The highest BCUT2D eigenvalue weighted by Crippen LogP contribution is 2.22. The zero-order valence-electron chi connectivity index (χ0n) is 12.9. The molecule has 0 unspecified atom stereocenters. The highest BCUT2D eigenvalue weighted by Gasteiger charge is 2.19. The van der Waals surface area contributed by atoms with Crippen molar-refractivity contribution in [2.24, 2.45) is 0 Å². The van der Waals surface area contributed by atoms with Crippen LogP contribution in [0.15, 0.2) is 29.9 Å². The molecule has 1 atom stereocenters. The van der Waals surface area contributed by atoms with Crippen LogP contribution in [-0.2, 0) is 16.0 Å². The van der Waals surface area contributed by atoms with Gasteiger partial charge < -0.3 is 10.4 Å². The number of aliphatic carboxylic acids is 1. The number of rotatable bonds is 8. The number of carbonyl (C=O) groups is 2. The maximum Gasteiger partial charge on any atom is 0.326 e. The molecule has 122 valence electrons. The van der Waals surface area contributed by atoms with Crippen LogP contribution in [0, 0.1) is 0 Å². The molecule has 6 nitrogen and oxygen atoms in total. The van der Waals surface area contributed by atoms with Crippen LogP contribution in [0.5, 0.6) is 0 Å². The number of amides is 1. The zero-order valence-corrected chi connectivity index (χ0v) is 13.7. The number of aromatic nitrogens is 2. The van der Waals surface area contributed by atoms with Gasteiger partial charge in [0, 0.05) is 23.3 Å². The lowest BCUT2D eigenvalue weighted by atomic mass is 10.1. The Labute approximate surface area is 138 Å². The van der Waals surface area contributed by atoms with Gasteiger partial charge in [-0.2, -0.15) is 0 Å². The molecule has 7 heteroatoms. The molecule has 2 aromatic rings. The first-order valence-corrected chi connectivity index (χ1v) is 8.35. The van der Waals surface area contributed by atoms with Gasteiger partial charge in [-0.3, -0.25) is 9.78 Å². The van der Waals surface area contributed by atoms with Crippen LogP contribution in [0.1, 0.15) is 31.9 Å². The fraction of sp³-hybridized carbons (Fsp3) is 0.375. The van der Waals surface area contributed by atoms with E-state index in [-0.39, 0.29) is 12.3 Å². The average Bonchev–Trinajstić information content (AvgIpc) is 3.00. The SMILES string of the molecule is CCCC[C@H](NC(=O)Cc1csc(-c2cccnc2)n1)C(=O)O. The minimum absolute atomic E-state index is 0.0761. The van der Waals surface area contributed by atoms with Gasteiger partial charge in [-0.25, -0.2) is 9.78 Å². The van der Waals surface area contributed by atoms with Crippen LogP contribution in [-0.4, -0.2) is 33.0 Å². The number of hydrogen-bond donors (Lipinski definition) is 2. The fourth-order valence-corrected chi connectivity index (χ4v) is 2.90. The van der Waals surface area contributed by atoms with Crippen LogP contribution in [0.2, 0.25) is 0 Å². The van der Waals surface area contributed by atoms with Crippen LogP contribution in [0.25, 0.3) is 10.6 Å². The minimum Gasteiger partial charge on any atom is -0.480 e. The van der Waals surface area contributed by atoms with Crippen molar-refractivity contribution < 1.29 is 14.7 Å². The van der Waals surface area contributed by atoms with E-state index in [1.807, 2.05) is 24.4 Å². The summed E-state index contributed by atoms with van der Waals surface area (Å²) >= 11 is 1.44. The minimum atomic E-state index is -0.999. The van der Waals surface area contributed by atoms with Crippen molar-refractivity contribution in [3.8, 4) is 10.6 Å². The molecular formula is C16H19N3O3S. The third-order valence-electron chi connectivity index (χ3n) is 3.28. The third kappa shape index (κ3) is 5.14. The van der Waals surface area contributed by atoms with Crippen molar-refractivity contribution in [3.05, 3.63) is 35.6 Å². The summed E-state index contributed by atoms with van der Waals surface area (Å²) < 4.78 is 0. The van der Waals surface area contributed by atoms with Gasteiger partial charge in [0.15, 0.2) is 0 Å². The van der Waals surface area contributed by atoms with Gasteiger partial charge in [0.1, 0.15) is 11.0 Å². The number of nitrogens with one attached hydrogen (secondary N) is 1. The van der Waals surface area contributed by atoms with Gasteiger partial charge in [-0.1, -0.05) is 19.8 Å². The number of carboxylic acids is 1. The van der Waals surface area contributed by atoms with Crippen molar-refractivity contribution in [2.75, 3.05) is 0 Å². The lowest BCUT2D eigenvalue weighted by Crippen LogP contribution is -2.41. The summed E-state index contributed by atoms with van der Waals surface area (Å²) in [5.41, 5.74) is 1.53. The number of thiazole rings is 1. The second kappa shape index (κ2) is 8.38. The number of hydrogen-bond acceptors (Lipinski definition) is 5. The fourth-order valence-electron chi connectivity index (χ4n) is 2.09. The van der Waals surface area contributed by atoms with Gasteiger partial charge in [-0.05, 0) is 18.6 Å². The standard InChI is InChI=1S/C16H19N3O3S/c1-2-3-6-13(16(21)22)19-14(20)8-12-10-23-15(18-12)11-5-4-7-17-9-11/h4-5,7,9-10,13H,2-3,6,8H2,1H3,(H,19,20)(H,21,22)/t13-/m0/s1. The summed E-state index contributed by atoms with van der Waals surface area (Å²) in [7, 11) is 0. The number of nitrogens with zero attached hydrogens (tertiary/aromatic N) is 2. The summed E-state index contributed by atoms with van der Waals surface area (Å²) in [5.74, 6) is -1.32. The molecule has 0 aliphatic rings. The molecule has 2 rings (SSSR count). The van der Waals surface area contributed by atoms with Crippen molar-refractivity contribution in [2.45, 2.75) is 38.6 Å². The van der Waals surface area contributed by atoms with Gasteiger partial charge >= 0.3 is 5.97 Å². The monoisotopic (exact) mass is 333 g/mol. The molecule has 1 amide bonds. The molecule has 0 saturated heterocycles. The molecule has 2 heterocycles. The first kappa shape index (κ1) is 17.1. The molecule has 2 aromatic heterocycles. The Morgan fingerprint density at radius 1 is 1.43 bits per heavy atom. The van der Waals surface area contributed by atoms with Crippen molar-refractivity contribution >= 4 is 23.2 Å². The highest BCUT2D eigenvalue weighted by atomic mass is 32.1. The molecule has 0 radical (unpaired) electrons. The average molecular weight is 333 g/mol. The summed E-state index contributed by atoms with van der Waals surface area (Å²) in [6.45, 7) is 1.98. The van der Waals surface area contributed by atoms with E-state index in [1.54, 1.807) is 12.4 Å². The number of pyridine rings is 1. The normalized spacial score (nSPS) is 11.9. The van der Waals surface area contributed by atoms with E-state index in [2.05, 4.69) is 15.3 Å². The van der Waals surface area contributed by atoms with Crippen LogP contribution in [0.3, 0.4) is 0 Å². The Kier molecular flexibility index (Phi) is 6.22. The van der Waals surface area contributed by atoms with E-state index in [0.29, 0.717) is 12.1 Å². The highest BCUT2D eigenvalue weighted by molar-refractivity contribution is 7.13. The maximum absolute atomic E-state index is 12.0. The zero-order chi connectivity index (χ0) is 16.7. The van der Waals surface area contributed by atoms with Gasteiger partial charge in [0.05, 0.1) is 12.1 Å². The molecule has 0 bridgehead atoms.